The summed E-state index contributed by atoms with van der Waals surface area (Å²) in [5.41, 5.74) is 0. The number of aliphatic hydroxyl groups is 1. The molecule has 0 saturated carbocycles. The van der Waals surface area contributed by atoms with Crippen molar-refractivity contribution in [2.45, 2.75) is 84.7 Å². The Labute approximate surface area is 127 Å². The zero-order chi connectivity index (χ0) is 16.1. The van der Waals surface area contributed by atoms with E-state index in [1.807, 2.05) is 6.08 Å². The van der Waals surface area contributed by atoms with Gasteiger partial charge in [-0.3, -0.25) is 0 Å². The molecule has 1 N–H and O–H groups in total. The predicted molar refractivity (Wildman–Crippen MR) is 91.5 cm³/mol. The van der Waals surface area contributed by atoms with Crippen molar-refractivity contribution in [3.63, 3.8) is 0 Å². The van der Waals surface area contributed by atoms with Crippen molar-refractivity contribution in [1.29, 1.82) is 0 Å². The smallest absolute Gasteiger partial charge is 0.192 e. The molecular formula is C17H36O2Si. The third kappa shape index (κ3) is 5.34. The SMILES string of the molecule is C=CC[C@H](O[Si](C)(C)C(C)(C)C)[C@H](C)[C@H](O)[C@@H](C)CC. The van der Waals surface area contributed by atoms with Gasteiger partial charge in [-0.15, -0.1) is 6.58 Å². The second-order valence-corrected chi connectivity index (χ2v) is 12.4. The maximum Gasteiger partial charge on any atom is 0.192 e. The zero-order valence-electron chi connectivity index (χ0n) is 14.9. The standard InChI is InChI=1S/C17H36O2Si/c1-10-12-15(14(4)16(18)13(3)11-2)19-20(8,9)17(5,6)7/h10,13-16,18H,1,11-12H2,2-9H3/t13-,14-,15-,16+/m0/s1. The lowest BCUT2D eigenvalue weighted by atomic mass is 9.87. The zero-order valence-corrected chi connectivity index (χ0v) is 15.9. The van der Waals surface area contributed by atoms with E-state index in [9.17, 15) is 5.11 Å². The van der Waals surface area contributed by atoms with Crippen LogP contribution in [0.2, 0.25) is 18.1 Å². The Balaban J connectivity index is 5.02. The second-order valence-electron chi connectivity index (χ2n) is 7.68. The van der Waals surface area contributed by atoms with E-state index in [4.69, 9.17) is 4.43 Å². The van der Waals surface area contributed by atoms with Crippen molar-refractivity contribution in [2.24, 2.45) is 11.8 Å². The summed E-state index contributed by atoms with van der Waals surface area (Å²) in [5.74, 6) is 0.442. The maximum atomic E-state index is 10.5. The van der Waals surface area contributed by atoms with Crippen LogP contribution in [0.1, 0.15) is 54.4 Å². The van der Waals surface area contributed by atoms with Gasteiger partial charge in [-0.1, -0.05) is 54.0 Å². The molecule has 0 aromatic heterocycles. The second kappa shape index (κ2) is 7.76. The molecule has 0 amide bonds. The molecule has 3 heteroatoms. The molecule has 0 rings (SSSR count). The van der Waals surface area contributed by atoms with E-state index in [2.05, 4.69) is 61.2 Å². The molecule has 0 aromatic rings. The van der Waals surface area contributed by atoms with Gasteiger partial charge in [0.25, 0.3) is 0 Å². The molecule has 2 nitrogen and oxygen atoms in total. The summed E-state index contributed by atoms with van der Waals surface area (Å²) in [7, 11) is -1.82. The van der Waals surface area contributed by atoms with E-state index in [1.165, 1.54) is 0 Å². The van der Waals surface area contributed by atoms with E-state index in [1.54, 1.807) is 0 Å². The molecule has 0 aliphatic heterocycles. The number of hydrogen-bond acceptors (Lipinski definition) is 2. The molecule has 0 aliphatic carbocycles. The van der Waals surface area contributed by atoms with Gasteiger partial charge >= 0.3 is 0 Å². The molecule has 0 unspecified atom stereocenters. The lowest BCUT2D eigenvalue weighted by molar-refractivity contribution is -0.000379. The molecule has 0 aromatic carbocycles. The molecule has 0 radical (unpaired) electrons. The molecule has 0 aliphatic rings. The number of hydrogen-bond donors (Lipinski definition) is 1. The highest BCUT2D eigenvalue weighted by Crippen LogP contribution is 2.39. The first kappa shape index (κ1) is 19.9. The first-order valence-corrected chi connectivity index (χ1v) is 10.9. The van der Waals surface area contributed by atoms with Crippen molar-refractivity contribution in [1.82, 2.24) is 0 Å². The van der Waals surface area contributed by atoms with Gasteiger partial charge in [0, 0.05) is 5.92 Å². The molecule has 20 heavy (non-hydrogen) atoms. The summed E-state index contributed by atoms with van der Waals surface area (Å²) in [6.45, 7) is 21.5. The summed E-state index contributed by atoms with van der Waals surface area (Å²) in [4.78, 5) is 0. The third-order valence-electron chi connectivity index (χ3n) is 5.00. The highest BCUT2D eigenvalue weighted by atomic mass is 28.4. The van der Waals surface area contributed by atoms with Crippen LogP contribution in [-0.2, 0) is 4.43 Å². The van der Waals surface area contributed by atoms with E-state index < -0.39 is 8.32 Å². The first-order valence-electron chi connectivity index (χ1n) is 7.94. The topological polar surface area (TPSA) is 29.5 Å². The van der Waals surface area contributed by atoms with Crippen LogP contribution in [-0.4, -0.2) is 25.6 Å². The number of rotatable bonds is 8. The monoisotopic (exact) mass is 300 g/mol. The van der Waals surface area contributed by atoms with Crippen molar-refractivity contribution < 1.29 is 9.53 Å². The van der Waals surface area contributed by atoms with Crippen LogP contribution < -0.4 is 0 Å². The van der Waals surface area contributed by atoms with E-state index >= 15 is 0 Å². The summed E-state index contributed by atoms with van der Waals surface area (Å²) >= 11 is 0. The van der Waals surface area contributed by atoms with Crippen molar-refractivity contribution in [2.75, 3.05) is 0 Å². The minimum Gasteiger partial charge on any atom is -0.413 e. The lowest BCUT2D eigenvalue weighted by Crippen LogP contribution is -2.47. The average molecular weight is 301 g/mol. The summed E-state index contributed by atoms with van der Waals surface area (Å²) in [6, 6.07) is 0. The fraction of sp³-hybridized carbons (Fsp3) is 0.882. The minimum absolute atomic E-state index is 0.0670. The van der Waals surface area contributed by atoms with Gasteiger partial charge in [-0.25, -0.2) is 0 Å². The first-order chi connectivity index (χ1) is 8.97. The largest absolute Gasteiger partial charge is 0.413 e. The van der Waals surface area contributed by atoms with Gasteiger partial charge in [0.15, 0.2) is 8.32 Å². The van der Waals surface area contributed by atoms with Crippen LogP contribution in [0.15, 0.2) is 12.7 Å². The van der Waals surface area contributed by atoms with E-state index in [0.717, 1.165) is 12.8 Å². The third-order valence-corrected chi connectivity index (χ3v) is 9.51. The van der Waals surface area contributed by atoms with Crippen molar-refractivity contribution in [3.8, 4) is 0 Å². The maximum absolute atomic E-state index is 10.5. The Morgan fingerprint density at radius 1 is 1.25 bits per heavy atom. The highest BCUT2D eigenvalue weighted by Gasteiger charge is 2.41. The summed E-state index contributed by atoms with van der Waals surface area (Å²) < 4.78 is 6.53. The van der Waals surface area contributed by atoms with Gasteiger partial charge in [-0.2, -0.15) is 0 Å². The Kier molecular flexibility index (Phi) is 7.72. The van der Waals surface area contributed by atoms with Crippen molar-refractivity contribution >= 4 is 8.32 Å². The fourth-order valence-electron chi connectivity index (χ4n) is 2.07. The van der Waals surface area contributed by atoms with Crippen LogP contribution in [0.3, 0.4) is 0 Å². The van der Waals surface area contributed by atoms with E-state index in [0.29, 0.717) is 5.92 Å². The molecule has 0 heterocycles. The van der Waals surface area contributed by atoms with Gasteiger partial charge in [0.05, 0.1) is 12.2 Å². The van der Waals surface area contributed by atoms with Crippen LogP contribution in [0.4, 0.5) is 0 Å². The highest BCUT2D eigenvalue weighted by molar-refractivity contribution is 6.74. The predicted octanol–water partition coefficient (Wildman–Crippen LogP) is 5.00. The minimum atomic E-state index is -1.82. The van der Waals surface area contributed by atoms with Crippen LogP contribution >= 0.6 is 0 Å². The molecule has 0 fully saturated rings. The molecule has 0 saturated heterocycles. The number of aliphatic hydroxyl groups excluding tert-OH is 1. The Bertz CT molecular complexity index is 294. The molecule has 0 spiro atoms. The molecular weight excluding hydrogens is 264 g/mol. The van der Waals surface area contributed by atoms with Gasteiger partial charge in [-0.05, 0) is 30.5 Å². The van der Waals surface area contributed by atoms with Crippen LogP contribution in [0.5, 0.6) is 0 Å². The van der Waals surface area contributed by atoms with E-state index in [-0.39, 0.29) is 23.2 Å². The van der Waals surface area contributed by atoms with Crippen molar-refractivity contribution in [3.05, 3.63) is 12.7 Å². The molecule has 120 valence electrons. The van der Waals surface area contributed by atoms with Crippen LogP contribution in [0, 0.1) is 11.8 Å². The van der Waals surface area contributed by atoms with Gasteiger partial charge in [0.2, 0.25) is 0 Å². The lowest BCUT2D eigenvalue weighted by Gasteiger charge is -2.42. The fourth-order valence-corrected chi connectivity index (χ4v) is 3.49. The van der Waals surface area contributed by atoms with Crippen LogP contribution in [0.25, 0.3) is 0 Å². The quantitative estimate of drug-likeness (QED) is 0.505. The Morgan fingerprint density at radius 3 is 2.10 bits per heavy atom. The molecule has 0 bridgehead atoms. The summed E-state index contributed by atoms with van der Waals surface area (Å²) in [6.07, 6.45) is 3.47. The average Bonchev–Trinajstić information content (AvgIpc) is 2.33. The summed E-state index contributed by atoms with van der Waals surface area (Å²) in [5, 5.41) is 10.7. The molecule has 4 atom stereocenters. The Morgan fingerprint density at radius 2 is 1.75 bits per heavy atom. The Hall–Kier alpha value is -0.123. The van der Waals surface area contributed by atoms with Gasteiger partial charge in [0.1, 0.15) is 0 Å². The normalized spacial score (nSPS) is 19.2. The van der Waals surface area contributed by atoms with Gasteiger partial charge < -0.3 is 9.53 Å².